The third-order valence-electron chi connectivity index (χ3n) is 6.19. The van der Waals surface area contributed by atoms with E-state index in [0.717, 1.165) is 24.9 Å². The van der Waals surface area contributed by atoms with Crippen LogP contribution in [-0.2, 0) is 6.54 Å². The van der Waals surface area contributed by atoms with Crippen molar-refractivity contribution in [3.8, 4) is 11.4 Å². The highest BCUT2D eigenvalue weighted by Gasteiger charge is 2.32. The summed E-state index contributed by atoms with van der Waals surface area (Å²) in [6.45, 7) is 5.17. The Hall–Kier alpha value is -1.39. The van der Waals surface area contributed by atoms with E-state index < -0.39 is 0 Å². The average Bonchev–Trinajstić information content (AvgIpc) is 3.11. The van der Waals surface area contributed by atoms with Gasteiger partial charge in [0.1, 0.15) is 11.6 Å². The normalized spacial score (nSPS) is 23.8. The van der Waals surface area contributed by atoms with Crippen molar-refractivity contribution in [3.63, 3.8) is 0 Å². The number of nitrogens with zero attached hydrogens (tertiary/aromatic N) is 3. The first kappa shape index (κ1) is 18.0. The van der Waals surface area contributed by atoms with E-state index in [-0.39, 0.29) is 5.82 Å². The van der Waals surface area contributed by atoms with Crippen LogP contribution in [0.3, 0.4) is 0 Å². The van der Waals surface area contributed by atoms with Crippen molar-refractivity contribution in [2.45, 2.75) is 58.0 Å². The molecule has 0 radical (unpaired) electrons. The third-order valence-corrected chi connectivity index (χ3v) is 6.51. The molecule has 3 nitrogen and oxygen atoms in total. The van der Waals surface area contributed by atoms with E-state index >= 15 is 0 Å². The van der Waals surface area contributed by atoms with Crippen molar-refractivity contribution in [3.05, 3.63) is 40.9 Å². The van der Waals surface area contributed by atoms with Crippen LogP contribution in [0.5, 0.6) is 0 Å². The van der Waals surface area contributed by atoms with Crippen LogP contribution >= 0.6 is 11.6 Å². The Balaban J connectivity index is 1.52. The molecule has 2 fully saturated rings. The molecule has 2 saturated heterocycles. The molecular weight excluding hydrogens is 349 g/mol. The molecule has 140 valence electrons. The van der Waals surface area contributed by atoms with Crippen molar-refractivity contribution in [2.24, 2.45) is 5.92 Å². The summed E-state index contributed by atoms with van der Waals surface area (Å²) in [7, 11) is 0. The molecule has 0 aliphatic carbocycles. The van der Waals surface area contributed by atoms with Gasteiger partial charge in [-0.3, -0.25) is 0 Å². The molecule has 1 aromatic heterocycles. The number of rotatable bonds is 4. The van der Waals surface area contributed by atoms with E-state index in [1.807, 2.05) is 6.20 Å². The molecule has 0 amide bonds. The van der Waals surface area contributed by atoms with Crippen molar-refractivity contribution in [1.29, 1.82) is 0 Å². The van der Waals surface area contributed by atoms with Gasteiger partial charge in [0.2, 0.25) is 0 Å². The number of piperidine rings is 2. The van der Waals surface area contributed by atoms with E-state index in [9.17, 15) is 4.39 Å². The van der Waals surface area contributed by atoms with E-state index in [4.69, 9.17) is 11.6 Å². The standard InChI is InChI=1S/C21H27ClFN3/c1-15-7-8-17(22)19(20(15)23)21-24-10-14-26(21)13-9-16-5-4-12-25-11-3-2-6-18(16)25/h7-8,10,14,16,18H,2-6,9,11-13H2,1H3/t16-,18+/m0/s1. The van der Waals surface area contributed by atoms with Crippen LogP contribution in [0.2, 0.25) is 5.02 Å². The van der Waals surface area contributed by atoms with Crippen LogP contribution in [0.15, 0.2) is 24.5 Å². The molecule has 5 heteroatoms. The summed E-state index contributed by atoms with van der Waals surface area (Å²) in [5.74, 6) is 1.12. The predicted octanol–water partition coefficient (Wildman–Crippen LogP) is 5.31. The lowest BCUT2D eigenvalue weighted by Gasteiger charge is -2.44. The molecular formula is C21H27ClFN3. The predicted molar refractivity (Wildman–Crippen MR) is 104 cm³/mol. The largest absolute Gasteiger partial charge is 0.331 e. The first-order valence-corrected chi connectivity index (χ1v) is 10.2. The summed E-state index contributed by atoms with van der Waals surface area (Å²) >= 11 is 6.30. The Bertz CT molecular complexity index is 771. The van der Waals surface area contributed by atoms with Gasteiger partial charge in [-0.15, -0.1) is 0 Å². The summed E-state index contributed by atoms with van der Waals surface area (Å²) in [6.07, 6.45) is 11.5. The SMILES string of the molecule is Cc1ccc(Cl)c(-c2nccn2CC[C@@H]2CCCN3CCCC[C@H]23)c1F. The molecule has 1 aromatic carbocycles. The van der Waals surface area contributed by atoms with Crippen molar-refractivity contribution in [1.82, 2.24) is 14.5 Å². The first-order valence-electron chi connectivity index (χ1n) is 9.85. The second kappa shape index (κ2) is 7.69. The van der Waals surface area contributed by atoms with Gasteiger partial charge in [-0.1, -0.05) is 24.1 Å². The highest BCUT2D eigenvalue weighted by molar-refractivity contribution is 6.33. The summed E-state index contributed by atoms with van der Waals surface area (Å²) in [5, 5.41) is 0.427. The van der Waals surface area contributed by atoms with Gasteiger partial charge < -0.3 is 9.47 Å². The number of hydrogen-bond donors (Lipinski definition) is 0. The molecule has 0 saturated carbocycles. The number of aromatic nitrogens is 2. The molecule has 0 unspecified atom stereocenters. The van der Waals surface area contributed by atoms with Crippen molar-refractivity contribution >= 4 is 11.6 Å². The van der Waals surface area contributed by atoms with Gasteiger partial charge >= 0.3 is 0 Å². The monoisotopic (exact) mass is 375 g/mol. The molecule has 0 bridgehead atoms. The number of imidazole rings is 1. The van der Waals surface area contributed by atoms with E-state index in [1.54, 1.807) is 25.3 Å². The number of halogens is 2. The lowest BCUT2D eigenvalue weighted by molar-refractivity contribution is 0.0539. The fourth-order valence-electron chi connectivity index (χ4n) is 4.80. The maximum Gasteiger partial charge on any atom is 0.144 e. The fraction of sp³-hybridized carbons (Fsp3) is 0.571. The maximum absolute atomic E-state index is 14.7. The molecule has 2 atom stereocenters. The van der Waals surface area contributed by atoms with Gasteiger partial charge in [0.25, 0.3) is 0 Å². The third kappa shape index (κ3) is 3.41. The fourth-order valence-corrected chi connectivity index (χ4v) is 5.03. The van der Waals surface area contributed by atoms with Gasteiger partial charge in [0.05, 0.1) is 10.6 Å². The number of benzene rings is 1. The molecule has 2 aliphatic rings. The Morgan fingerprint density at radius 1 is 1.19 bits per heavy atom. The van der Waals surface area contributed by atoms with Gasteiger partial charge in [0.15, 0.2) is 0 Å². The summed E-state index contributed by atoms with van der Waals surface area (Å²) in [4.78, 5) is 7.12. The zero-order chi connectivity index (χ0) is 18.1. The zero-order valence-corrected chi connectivity index (χ0v) is 16.2. The number of fused-ring (bicyclic) bond motifs is 1. The molecule has 0 spiro atoms. The smallest absolute Gasteiger partial charge is 0.144 e. The zero-order valence-electron chi connectivity index (χ0n) is 15.4. The first-order chi connectivity index (χ1) is 12.6. The summed E-state index contributed by atoms with van der Waals surface area (Å²) in [5.41, 5.74) is 1.03. The van der Waals surface area contributed by atoms with Crippen molar-refractivity contribution < 1.29 is 4.39 Å². The van der Waals surface area contributed by atoms with Crippen molar-refractivity contribution in [2.75, 3.05) is 13.1 Å². The summed E-state index contributed by atoms with van der Waals surface area (Å²) < 4.78 is 16.8. The van der Waals surface area contributed by atoms with Crippen LogP contribution in [0, 0.1) is 18.7 Å². The van der Waals surface area contributed by atoms with Gasteiger partial charge in [-0.05, 0) is 69.7 Å². The van der Waals surface area contributed by atoms with Crippen LogP contribution in [0.1, 0.15) is 44.1 Å². The van der Waals surface area contributed by atoms with Crippen LogP contribution < -0.4 is 0 Å². The van der Waals surface area contributed by atoms with Gasteiger partial charge in [-0.25, -0.2) is 9.37 Å². The Morgan fingerprint density at radius 3 is 2.92 bits per heavy atom. The second-order valence-corrected chi connectivity index (χ2v) is 8.19. The quantitative estimate of drug-likeness (QED) is 0.722. The highest BCUT2D eigenvalue weighted by atomic mass is 35.5. The Morgan fingerprint density at radius 2 is 2.04 bits per heavy atom. The van der Waals surface area contributed by atoms with Gasteiger partial charge in [-0.2, -0.15) is 0 Å². The molecule has 26 heavy (non-hydrogen) atoms. The molecule has 2 aliphatic heterocycles. The van der Waals surface area contributed by atoms with E-state index in [1.165, 1.54) is 45.2 Å². The maximum atomic E-state index is 14.7. The lowest BCUT2D eigenvalue weighted by atomic mass is 9.81. The minimum absolute atomic E-state index is 0.263. The number of aryl methyl sites for hydroxylation is 2. The second-order valence-electron chi connectivity index (χ2n) is 7.79. The minimum atomic E-state index is -0.263. The molecule has 3 heterocycles. The van der Waals surface area contributed by atoms with Crippen LogP contribution in [-0.4, -0.2) is 33.6 Å². The molecule has 2 aromatic rings. The van der Waals surface area contributed by atoms with Gasteiger partial charge in [0, 0.05) is 25.0 Å². The topological polar surface area (TPSA) is 21.1 Å². The van der Waals surface area contributed by atoms with E-state index in [0.29, 0.717) is 22.0 Å². The number of hydrogen-bond acceptors (Lipinski definition) is 2. The van der Waals surface area contributed by atoms with Crippen LogP contribution in [0.4, 0.5) is 4.39 Å². The molecule has 0 N–H and O–H groups in total. The minimum Gasteiger partial charge on any atom is -0.331 e. The summed E-state index contributed by atoms with van der Waals surface area (Å²) in [6, 6.07) is 4.22. The Labute approximate surface area is 160 Å². The van der Waals surface area contributed by atoms with Crippen LogP contribution in [0.25, 0.3) is 11.4 Å². The Kier molecular flexibility index (Phi) is 5.32. The van der Waals surface area contributed by atoms with E-state index in [2.05, 4.69) is 14.5 Å². The average molecular weight is 376 g/mol. The lowest BCUT2D eigenvalue weighted by Crippen LogP contribution is -2.48. The molecule has 4 rings (SSSR count). The highest BCUT2D eigenvalue weighted by Crippen LogP contribution is 2.35.